The number of nitrogens with one attached hydrogen (secondary N) is 1. The van der Waals surface area contributed by atoms with Gasteiger partial charge in [-0.2, -0.15) is 0 Å². The van der Waals surface area contributed by atoms with Crippen molar-refractivity contribution in [3.8, 4) is 17.0 Å². The van der Waals surface area contributed by atoms with Gasteiger partial charge in [-0.05, 0) is 53.9 Å². The SMILES string of the molecule is CCOc1cc(-c2cc(NCCc3cccc4sccc34)ncn2)ccc1C(=O)O. The van der Waals surface area contributed by atoms with Crippen molar-refractivity contribution >= 4 is 33.2 Å². The van der Waals surface area contributed by atoms with Crippen LogP contribution in [-0.4, -0.2) is 34.2 Å². The van der Waals surface area contributed by atoms with E-state index in [1.165, 1.54) is 22.0 Å². The topological polar surface area (TPSA) is 84.3 Å². The smallest absolute Gasteiger partial charge is 0.339 e. The zero-order valence-electron chi connectivity index (χ0n) is 16.5. The lowest BCUT2D eigenvalue weighted by Gasteiger charge is -2.11. The van der Waals surface area contributed by atoms with Crippen molar-refractivity contribution in [3.05, 3.63) is 71.4 Å². The van der Waals surface area contributed by atoms with Gasteiger partial charge in [0.25, 0.3) is 0 Å². The number of carbonyl (C=O) groups is 1. The molecule has 0 bridgehead atoms. The van der Waals surface area contributed by atoms with Crippen LogP contribution in [0.3, 0.4) is 0 Å². The molecule has 7 heteroatoms. The van der Waals surface area contributed by atoms with Gasteiger partial charge in [0.2, 0.25) is 0 Å². The lowest BCUT2D eigenvalue weighted by molar-refractivity contribution is 0.0692. The van der Waals surface area contributed by atoms with Gasteiger partial charge in [-0.3, -0.25) is 0 Å². The molecule has 2 heterocycles. The van der Waals surface area contributed by atoms with Crippen molar-refractivity contribution in [2.75, 3.05) is 18.5 Å². The summed E-state index contributed by atoms with van der Waals surface area (Å²) < 4.78 is 6.79. The first-order valence-corrected chi connectivity index (χ1v) is 10.5. The molecule has 2 aromatic carbocycles. The maximum atomic E-state index is 11.4. The molecule has 4 rings (SSSR count). The van der Waals surface area contributed by atoms with Gasteiger partial charge in [-0.1, -0.05) is 18.2 Å². The first-order valence-electron chi connectivity index (χ1n) is 9.67. The van der Waals surface area contributed by atoms with Crippen LogP contribution in [0.1, 0.15) is 22.8 Å². The van der Waals surface area contributed by atoms with E-state index in [0.717, 1.165) is 24.3 Å². The van der Waals surface area contributed by atoms with E-state index in [1.807, 2.05) is 13.0 Å². The average Bonchev–Trinajstić information content (AvgIpc) is 3.24. The summed E-state index contributed by atoms with van der Waals surface area (Å²) in [5, 5.41) is 16.1. The lowest BCUT2D eigenvalue weighted by Crippen LogP contribution is -2.07. The zero-order chi connectivity index (χ0) is 20.9. The predicted octanol–water partition coefficient (Wildman–Crippen LogP) is 5.11. The third-order valence-corrected chi connectivity index (χ3v) is 5.64. The molecule has 0 fully saturated rings. The number of aromatic nitrogens is 2. The van der Waals surface area contributed by atoms with E-state index >= 15 is 0 Å². The van der Waals surface area contributed by atoms with Crippen molar-refractivity contribution in [2.45, 2.75) is 13.3 Å². The number of carboxylic acids is 1. The largest absolute Gasteiger partial charge is 0.493 e. The van der Waals surface area contributed by atoms with Crippen molar-refractivity contribution in [1.82, 2.24) is 9.97 Å². The van der Waals surface area contributed by atoms with E-state index < -0.39 is 5.97 Å². The minimum absolute atomic E-state index is 0.135. The molecule has 0 saturated carbocycles. The Labute approximate surface area is 178 Å². The molecule has 0 atom stereocenters. The highest BCUT2D eigenvalue weighted by molar-refractivity contribution is 7.17. The fraction of sp³-hybridized carbons (Fsp3) is 0.174. The van der Waals surface area contributed by atoms with Crippen LogP contribution in [0.4, 0.5) is 5.82 Å². The number of aromatic carboxylic acids is 1. The number of thiophene rings is 1. The van der Waals surface area contributed by atoms with Gasteiger partial charge in [0.1, 0.15) is 23.5 Å². The molecule has 4 aromatic rings. The quantitative estimate of drug-likeness (QED) is 0.413. The normalized spacial score (nSPS) is 10.8. The van der Waals surface area contributed by atoms with E-state index in [2.05, 4.69) is 44.9 Å². The molecule has 2 N–H and O–H groups in total. The molecule has 30 heavy (non-hydrogen) atoms. The number of nitrogens with zero attached hydrogens (tertiary/aromatic N) is 2. The summed E-state index contributed by atoms with van der Waals surface area (Å²) in [7, 11) is 0. The van der Waals surface area contributed by atoms with Gasteiger partial charge >= 0.3 is 5.97 Å². The molecular formula is C23H21N3O3S. The van der Waals surface area contributed by atoms with Crippen LogP contribution in [0.5, 0.6) is 5.75 Å². The van der Waals surface area contributed by atoms with E-state index in [9.17, 15) is 9.90 Å². The molecule has 152 valence electrons. The number of anilines is 1. The maximum absolute atomic E-state index is 11.4. The predicted molar refractivity (Wildman–Crippen MR) is 120 cm³/mol. The molecule has 0 saturated heterocycles. The van der Waals surface area contributed by atoms with Gasteiger partial charge in [0, 0.05) is 22.9 Å². The molecule has 2 aromatic heterocycles. The highest BCUT2D eigenvalue weighted by Gasteiger charge is 2.13. The summed E-state index contributed by atoms with van der Waals surface area (Å²) >= 11 is 1.75. The number of fused-ring (bicyclic) bond motifs is 1. The van der Waals surface area contributed by atoms with Crippen LogP contribution in [-0.2, 0) is 6.42 Å². The van der Waals surface area contributed by atoms with Crippen LogP contribution in [0.15, 0.2) is 60.2 Å². The van der Waals surface area contributed by atoms with Gasteiger partial charge < -0.3 is 15.2 Å². The van der Waals surface area contributed by atoms with Crippen LogP contribution in [0.2, 0.25) is 0 Å². The van der Waals surface area contributed by atoms with Crippen LogP contribution in [0, 0.1) is 0 Å². The summed E-state index contributed by atoms with van der Waals surface area (Å²) in [6.07, 6.45) is 2.39. The Morgan fingerprint density at radius 3 is 2.90 bits per heavy atom. The Balaban J connectivity index is 1.49. The van der Waals surface area contributed by atoms with Gasteiger partial charge in [0.05, 0.1) is 12.3 Å². The second kappa shape index (κ2) is 8.92. The van der Waals surface area contributed by atoms with Gasteiger partial charge in [-0.25, -0.2) is 14.8 Å². The third-order valence-electron chi connectivity index (χ3n) is 4.76. The Bertz CT molecular complexity index is 1190. The van der Waals surface area contributed by atoms with Gasteiger partial charge in [0.15, 0.2) is 0 Å². The number of hydrogen-bond donors (Lipinski definition) is 2. The van der Waals surface area contributed by atoms with Crippen molar-refractivity contribution in [1.29, 1.82) is 0 Å². The fourth-order valence-corrected chi connectivity index (χ4v) is 4.18. The van der Waals surface area contributed by atoms with E-state index in [1.54, 1.807) is 29.5 Å². The number of benzene rings is 2. The van der Waals surface area contributed by atoms with Gasteiger partial charge in [-0.15, -0.1) is 11.3 Å². The Morgan fingerprint density at radius 2 is 2.07 bits per heavy atom. The standard InChI is InChI=1S/C23H21N3O3S/c1-2-29-20-12-16(6-7-18(20)23(27)28)19-13-22(26-14-25-19)24-10-8-15-4-3-5-21-17(15)9-11-30-21/h3-7,9,11-14H,2,8,10H2,1H3,(H,27,28)(H,24,25,26). The summed E-state index contributed by atoms with van der Waals surface area (Å²) in [5.74, 6) is 0.0351. The molecule has 0 aliphatic rings. The molecule has 0 radical (unpaired) electrons. The minimum Gasteiger partial charge on any atom is -0.493 e. The summed E-state index contributed by atoms with van der Waals surface area (Å²) in [5.41, 5.74) is 2.92. The highest BCUT2D eigenvalue weighted by atomic mass is 32.1. The maximum Gasteiger partial charge on any atom is 0.339 e. The van der Waals surface area contributed by atoms with E-state index in [4.69, 9.17) is 4.74 Å². The summed E-state index contributed by atoms with van der Waals surface area (Å²) in [6.45, 7) is 2.95. The van der Waals surface area contributed by atoms with Crippen LogP contribution < -0.4 is 10.1 Å². The fourth-order valence-electron chi connectivity index (χ4n) is 3.35. The first-order chi connectivity index (χ1) is 14.7. The first kappa shape index (κ1) is 19.8. The number of rotatable bonds is 8. The summed E-state index contributed by atoms with van der Waals surface area (Å²) in [4.78, 5) is 20.0. The second-order valence-corrected chi connectivity index (χ2v) is 7.61. The molecule has 0 amide bonds. The number of hydrogen-bond acceptors (Lipinski definition) is 6. The molecule has 0 aliphatic carbocycles. The average molecular weight is 420 g/mol. The van der Waals surface area contributed by atoms with Crippen molar-refractivity contribution < 1.29 is 14.6 Å². The second-order valence-electron chi connectivity index (χ2n) is 6.66. The molecule has 0 spiro atoms. The molecule has 6 nitrogen and oxygen atoms in total. The molecule has 0 aliphatic heterocycles. The number of ether oxygens (including phenoxy) is 1. The Morgan fingerprint density at radius 1 is 1.17 bits per heavy atom. The van der Waals surface area contributed by atoms with Crippen LogP contribution >= 0.6 is 11.3 Å². The van der Waals surface area contributed by atoms with Crippen molar-refractivity contribution in [2.24, 2.45) is 0 Å². The lowest BCUT2D eigenvalue weighted by atomic mass is 10.1. The van der Waals surface area contributed by atoms with Crippen molar-refractivity contribution in [3.63, 3.8) is 0 Å². The Hall–Kier alpha value is -3.45. The monoisotopic (exact) mass is 419 g/mol. The minimum atomic E-state index is -1.02. The number of carboxylic acid groups (broad SMARTS) is 1. The van der Waals surface area contributed by atoms with E-state index in [0.29, 0.717) is 18.1 Å². The van der Waals surface area contributed by atoms with E-state index in [-0.39, 0.29) is 5.56 Å². The molecular weight excluding hydrogens is 398 g/mol. The zero-order valence-corrected chi connectivity index (χ0v) is 17.3. The molecule has 0 unspecified atom stereocenters. The highest BCUT2D eigenvalue weighted by Crippen LogP contribution is 2.28. The third kappa shape index (κ3) is 4.26. The van der Waals surface area contributed by atoms with Crippen LogP contribution in [0.25, 0.3) is 21.3 Å². The Kier molecular flexibility index (Phi) is 5.90. The summed E-state index contributed by atoms with van der Waals surface area (Å²) in [6, 6.07) is 15.4.